The van der Waals surface area contributed by atoms with Crippen LogP contribution in [0.2, 0.25) is 0 Å². The molecule has 0 N–H and O–H groups in total. The largest absolute Gasteiger partial charge is 0.466 e. The summed E-state index contributed by atoms with van der Waals surface area (Å²) >= 11 is 4.64. The molecule has 15 heavy (non-hydrogen) atoms. The van der Waals surface area contributed by atoms with Gasteiger partial charge < -0.3 is 4.74 Å². The maximum absolute atomic E-state index is 11.8. The molecule has 0 aromatic rings. The minimum absolute atomic E-state index is 0.0419. The second kappa shape index (κ2) is 4.42. The summed E-state index contributed by atoms with van der Waals surface area (Å²) in [5.74, 6) is 0.842. The fourth-order valence-electron chi connectivity index (χ4n) is 3.08. The first-order chi connectivity index (χ1) is 7.27. The molecule has 0 aromatic carbocycles. The monoisotopic (exact) mass is 225 g/mol. The number of fused-ring (bicyclic) bond motifs is 2. The standard InChI is InChI=1S/C11H15NO2S/c1-2-14-11(13)9-7-3-4-8(5-7)10(9)12-6-15/h7-10H,2-5H2,1H3/t7-,8+,9+,10-/m0/s1. The molecule has 4 atom stereocenters. The van der Waals surface area contributed by atoms with Gasteiger partial charge in [0.1, 0.15) is 0 Å². The molecule has 82 valence electrons. The van der Waals surface area contributed by atoms with E-state index in [0.717, 1.165) is 12.8 Å². The van der Waals surface area contributed by atoms with E-state index in [1.165, 1.54) is 6.42 Å². The highest BCUT2D eigenvalue weighted by atomic mass is 32.1. The summed E-state index contributed by atoms with van der Waals surface area (Å²) in [6.07, 6.45) is 3.41. The number of aliphatic imine (C=N–C) groups is 1. The maximum atomic E-state index is 11.8. The molecule has 0 spiro atoms. The Morgan fingerprint density at radius 3 is 2.93 bits per heavy atom. The lowest BCUT2D eigenvalue weighted by atomic mass is 9.85. The number of thiocarbonyl (C=S) groups is 1. The fraction of sp³-hybridized carbons (Fsp3) is 0.818. The number of carbonyl (C=O) groups excluding carboxylic acids is 1. The van der Waals surface area contributed by atoms with Crippen LogP contribution in [0.4, 0.5) is 0 Å². The van der Waals surface area contributed by atoms with Gasteiger partial charge in [-0.1, -0.05) is 0 Å². The Morgan fingerprint density at radius 2 is 2.27 bits per heavy atom. The van der Waals surface area contributed by atoms with Crippen LogP contribution in [0, 0.1) is 17.8 Å². The average Bonchev–Trinajstić information content (AvgIpc) is 2.78. The third kappa shape index (κ3) is 1.84. The number of ether oxygens (including phenoxy) is 1. The number of hydrogen-bond donors (Lipinski definition) is 0. The van der Waals surface area contributed by atoms with Crippen molar-refractivity contribution in [2.45, 2.75) is 32.2 Å². The third-order valence-electron chi connectivity index (χ3n) is 3.63. The molecule has 0 aromatic heterocycles. The SMILES string of the molecule is CCOC(=O)[C@@H]1[C@H]2CC[C@H](C2)[C@@H]1N=C=S. The van der Waals surface area contributed by atoms with Crippen LogP contribution in [0.1, 0.15) is 26.2 Å². The smallest absolute Gasteiger partial charge is 0.311 e. The zero-order valence-corrected chi connectivity index (χ0v) is 9.63. The van der Waals surface area contributed by atoms with Crippen LogP contribution in [0.5, 0.6) is 0 Å². The van der Waals surface area contributed by atoms with Crippen LogP contribution in [-0.2, 0) is 9.53 Å². The first kappa shape index (κ1) is 10.8. The van der Waals surface area contributed by atoms with Gasteiger partial charge in [-0.05, 0) is 50.2 Å². The third-order valence-corrected chi connectivity index (χ3v) is 3.74. The van der Waals surface area contributed by atoms with Crippen LogP contribution in [-0.4, -0.2) is 23.8 Å². The molecule has 2 rings (SSSR count). The van der Waals surface area contributed by atoms with Crippen molar-refractivity contribution in [3.63, 3.8) is 0 Å². The van der Waals surface area contributed by atoms with E-state index in [4.69, 9.17) is 4.74 Å². The minimum atomic E-state index is -0.0938. The van der Waals surface area contributed by atoms with Crippen LogP contribution < -0.4 is 0 Å². The Balaban J connectivity index is 2.14. The van der Waals surface area contributed by atoms with Crippen molar-refractivity contribution >= 4 is 23.3 Å². The van der Waals surface area contributed by atoms with Crippen LogP contribution >= 0.6 is 12.2 Å². The summed E-state index contributed by atoms with van der Waals surface area (Å²) in [5, 5.41) is 2.42. The molecule has 2 fully saturated rings. The number of esters is 1. The number of carbonyl (C=O) groups is 1. The lowest BCUT2D eigenvalue weighted by molar-refractivity contribution is -0.150. The van der Waals surface area contributed by atoms with Gasteiger partial charge in [0, 0.05) is 0 Å². The lowest BCUT2D eigenvalue weighted by Gasteiger charge is -2.25. The quantitative estimate of drug-likeness (QED) is 0.419. The van der Waals surface area contributed by atoms with E-state index in [1.807, 2.05) is 6.92 Å². The highest BCUT2D eigenvalue weighted by Gasteiger charge is 2.51. The van der Waals surface area contributed by atoms with Gasteiger partial charge in [0.05, 0.1) is 23.7 Å². The van der Waals surface area contributed by atoms with E-state index in [9.17, 15) is 4.79 Å². The van der Waals surface area contributed by atoms with Gasteiger partial charge in [-0.25, -0.2) is 4.99 Å². The highest BCUT2D eigenvalue weighted by Crippen LogP contribution is 2.50. The van der Waals surface area contributed by atoms with Crippen molar-refractivity contribution in [3.8, 4) is 0 Å². The molecule has 2 saturated carbocycles. The van der Waals surface area contributed by atoms with Crippen molar-refractivity contribution in [1.29, 1.82) is 0 Å². The van der Waals surface area contributed by atoms with Crippen molar-refractivity contribution in [1.82, 2.24) is 0 Å². The lowest BCUT2D eigenvalue weighted by Crippen LogP contribution is -2.33. The summed E-state index contributed by atoms with van der Waals surface area (Å²) < 4.78 is 5.09. The average molecular weight is 225 g/mol. The van der Waals surface area contributed by atoms with E-state index in [-0.39, 0.29) is 17.9 Å². The molecule has 0 unspecified atom stereocenters. The molecule has 0 heterocycles. The van der Waals surface area contributed by atoms with Crippen molar-refractivity contribution < 1.29 is 9.53 Å². The summed E-state index contributed by atoms with van der Waals surface area (Å²) in [5.41, 5.74) is 0. The number of isothiocyanates is 1. The van der Waals surface area contributed by atoms with Crippen LogP contribution in [0.25, 0.3) is 0 Å². The normalized spacial score (nSPS) is 37.4. The van der Waals surface area contributed by atoms with Gasteiger partial charge in [0.15, 0.2) is 0 Å². The Bertz CT molecular complexity index is 312. The molecule has 0 saturated heterocycles. The first-order valence-electron chi connectivity index (χ1n) is 5.51. The zero-order chi connectivity index (χ0) is 10.8. The van der Waals surface area contributed by atoms with E-state index in [1.54, 1.807) is 0 Å². The highest BCUT2D eigenvalue weighted by molar-refractivity contribution is 7.78. The molecular weight excluding hydrogens is 210 g/mol. The number of hydrogen-bond acceptors (Lipinski definition) is 4. The Labute approximate surface area is 94.9 Å². The molecule has 0 aliphatic heterocycles. The maximum Gasteiger partial charge on any atom is 0.311 e. The van der Waals surface area contributed by atoms with E-state index in [2.05, 4.69) is 22.4 Å². The van der Waals surface area contributed by atoms with Gasteiger partial charge in [0.2, 0.25) is 0 Å². The van der Waals surface area contributed by atoms with E-state index < -0.39 is 0 Å². The minimum Gasteiger partial charge on any atom is -0.466 e. The van der Waals surface area contributed by atoms with Crippen molar-refractivity contribution in [3.05, 3.63) is 0 Å². The van der Waals surface area contributed by atoms with Gasteiger partial charge in [0.25, 0.3) is 0 Å². The molecule has 4 heteroatoms. The summed E-state index contributed by atoms with van der Waals surface area (Å²) in [6, 6.07) is 0.0419. The van der Waals surface area contributed by atoms with Gasteiger partial charge in [-0.2, -0.15) is 0 Å². The van der Waals surface area contributed by atoms with Gasteiger partial charge in [-0.15, -0.1) is 0 Å². The predicted molar refractivity (Wildman–Crippen MR) is 59.8 cm³/mol. The van der Waals surface area contributed by atoms with E-state index in [0.29, 0.717) is 18.4 Å². The second-order valence-corrected chi connectivity index (χ2v) is 4.50. The Kier molecular flexibility index (Phi) is 3.17. The van der Waals surface area contributed by atoms with Gasteiger partial charge in [-0.3, -0.25) is 4.79 Å². The first-order valence-corrected chi connectivity index (χ1v) is 5.92. The molecule has 2 aliphatic rings. The molecule has 2 aliphatic carbocycles. The van der Waals surface area contributed by atoms with Crippen molar-refractivity contribution in [2.24, 2.45) is 22.7 Å². The van der Waals surface area contributed by atoms with Crippen LogP contribution in [0.3, 0.4) is 0 Å². The fourth-order valence-corrected chi connectivity index (χ4v) is 3.20. The predicted octanol–water partition coefficient (Wildman–Crippen LogP) is 2.07. The molecule has 0 radical (unpaired) electrons. The number of rotatable bonds is 3. The van der Waals surface area contributed by atoms with Crippen LogP contribution in [0.15, 0.2) is 4.99 Å². The topological polar surface area (TPSA) is 38.7 Å². The molecule has 0 amide bonds. The van der Waals surface area contributed by atoms with Crippen molar-refractivity contribution in [2.75, 3.05) is 6.61 Å². The van der Waals surface area contributed by atoms with Gasteiger partial charge >= 0.3 is 5.97 Å². The summed E-state index contributed by atoms with van der Waals surface area (Å²) in [7, 11) is 0. The molecule has 3 nitrogen and oxygen atoms in total. The Morgan fingerprint density at radius 1 is 1.53 bits per heavy atom. The second-order valence-electron chi connectivity index (χ2n) is 4.32. The summed E-state index contributed by atoms with van der Waals surface area (Å²) in [6.45, 7) is 2.28. The number of nitrogens with zero attached hydrogens (tertiary/aromatic N) is 1. The molecule has 2 bridgehead atoms. The Hall–Kier alpha value is -0.730. The zero-order valence-electron chi connectivity index (χ0n) is 8.81. The summed E-state index contributed by atoms with van der Waals surface area (Å²) in [4.78, 5) is 15.9. The molecular formula is C11H15NO2S. The van der Waals surface area contributed by atoms with E-state index >= 15 is 0 Å².